The number of nitrogens with two attached hydrogens (primary N) is 1. The number of carbonyl (C=O) groups excluding carboxylic acids is 2. The van der Waals surface area contributed by atoms with Gasteiger partial charge in [0.2, 0.25) is 0 Å². The summed E-state index contributed by atoms with van der Waals surface area (Å²) >= 11 is 19.1. The van der Waals surface area contributed by atoms with E-state index in [9.17, 15) is 9.59 Å². The van der Waals surface area contributed by atoms with Gasteiger partial charge in [0.05, 0.1) is 12.2 Å². The maximum absolute atomic E-state index is 12.2. The predicted octanol–water partition coefficient (Wildman–Crippen LogP) is 2.97. The molecule has 1 atom stereocenters. The normalized spacial score (nSPS) is 11.8. The summed E-state index contributed by atoms with van der Waals surface area (Å²) in [7, 11) is 0. The Morgan fingerprint density at radius 2 is 2.08 bits per heavy atom. The SMILES string of the molecule is C[C@@H](OC(=O)c1[nH+]c(Cl)c(Cl)c(N)c1Cl)C(=O)NCc1cccs1. The van der Waals surface area contributed by atoms with Gasteiger partial charge in [0.1, 0.15) is 10.0 Å². The van der Waals surface area contributed by atoms with Crippen molar-refractivity contribution in [2.75, 3.05) is 5.73 Å². The first-order valence-electron chi connectivity index (χ1n) is 6.67. The van der Waals surface area contributed by atoms with E-state index in [4.69, 9.17) is 45.3 Å². The number of hydrogen-bond acceptors (Lipinski definition) is 5. The van der Waals surface area contributed by atoms with Crippen LogP contribution in [-0.4, -0.2) is 18.0 Å². The number of H-pyrrole nitrogens is 1. The Balaban J connectivity index is 2.02. The quantitative estimate of drug-likeness (QED) is 0.586. The highest BCUT2D eigenvalue weighted by atomic mass is 35.5. The molecule has 0 radical (unpaired) electrons. The van der Waals surface area contributed by atoms with Crippen LogP contribution >= 0.6 is 46.1 Å². The van der Waals surface area contributed by atoms with Crippen molar-refractivity contribution in [3.05, 3.63) is 43.3 Å². The summed E-state index contributed by atoms with van der Waals surface area (Å²) in [6, 6.07) is 3.76. The van der Waals surface area contributed by atoms with Crippen molar-refractivity contribution in [2.45, 2.75) is 19.6 Å². The van der Waals surface area contributed by atoms with Gasteiger partial charge in [-0.3, -0.25) is 4.79 Å². The number of nitrogens with one attached hydrogen (secondary N) is 2. The van der Waals surface area contributed by atoms with E-state index in [2.05, 4.69) is 10.3 Å². The zero-order valence-corrected chi connectivity index (χ0v) is 15.4. The van der Waals surface area contributed by atoms with Gasteiger partial charge in [0.15, 0.2) is 6.10 Å². The molecular formula is C14H13Cl3N3O3S+. The summed E-state index contributed by atoms with van der Waals surface area (Å²) in [6.45, 7) is 1.79. The smallest absolute Gasteiger partial charge is 0.406 e. The van der Waals surface area contributed by atoms with Gasteiger partial charge in [-0.05, 0) is 30.0 Å². The fourth-order valence-corrected chi connectivity index (χ4v) is 2.96. The molecule has 0 spiro atoms. The lowest BCUT2D eigenvalue weighted by Crippen LogP contribution is -2.36. The van der Waals surface area contributed by atoms with Crippen molar-refractivity contribution in [1.82, 2.24) is 5.32 Å². The largest absolute Gasteiger partial charge is 0.445 e. The van der Waals surface area contributed by atoms with Gasteiger partial charge in [0.25, 0.3) is 11.1 Å². The van der Waals surface area contributed by atoms with E-state index in [1.165, 1.54) is 18.3 Å². The zero-order chi connectivity index (χ0) is 17.9. The van der Waals surface area contributed by atoms with Crippen molar-refractivity contribution in [2.24, 2.45) is 0 Å². The Morgan fingerprint density at radius 3 is 2.71 bits per heavy atom. The van der Waals surface area contributed by atoms with Gasteiger partial charge in [-0.15, -0.1) is 11.3 Å². The third kappa shape index (κ3) is 4.30. The molecule has 1 amide bonds. The third-order valence-corrected chi connectivity index (χ3v) is 5.04. The minimum absolute atomic E-state index is 0.0000407. The van der Waals surface area contributed by atoms with Gasteiger partial charge in [-0.25, -0.2) is 4.79 Å². The van der Waals surface area contributed by atoms with E-state index >= 15 is 0 Å². The van der Waals surface area contributed by atoms with E-state index in [1.54, 1.807) is 0 Å². The fraction of sp³-hybridized carbons (Fsp3) is 0.214. The maximum Gasteiger partial charge on any atom is 0.406 e. The van der Waals surface area contributed by atoms with Crippen LogP contribution in [0.4, 0.5) is 5.69 Å². The van der Waals surface area contributed by atoms with E-state index < -0.39 is 18.0 Å². The molecule has 2 heterocycles. The summed E-state index contributed by atoms with van der Waals surface area (Å²) < 4.78 is 5.08. The molecule has 0 aliphatic carbocycles. The fourth-order valence-electron chi connectivity index (χ4n) is 1.71. The summed E-state index contributed by atoms with van der Waals surface area (Å²) in [5, 5.41) is 4.39. The molecule has 0 aliphatic heterocycles. The first kappa shape index (κ1) is 18.8. The van der Waals surface area contributed by atoms with Crippen LogP contribution in [0, 0.1) is 0 Å². The van der Waals surface area contributed by atoms with Crippen molar-refractivity contribution < 1.29 is 19.3 Å². The lowest BCUT2D eigenvalue weighted by Gasteiger charge is -2.12. The number of carbonyl (C=O) groups is 2. The van der Waals surface area contributed by atoms with Crippen molar-refractivity contribution in [3.63, 3.8) is 0 Å². The Kier molecular flexibility index (Phi) is 6.28. The Hall–Kier alpha value is -1.54. The number of esters is 1. The molecule has 2 aromatic heterocycles. The van der Waals surface area contributed by atoms with E-state index in [0.717, 1.165) is 4.88 Å². The van der Waals surface area contributed by atoms with Crippen LogP contribution in [0.25, 0.3) is 0 Å². The minimum Gasteiger partial charge on any atom is -0.445 e. The Bertz CT molecular complexity index is 768. The molecule has 0 aliphatic rings. The van der Waals surface area contributed by atoms with Crippen molar-refractivity contribution >= 4 is 63.7 Å². The lowest BCUT2D eigenvalue weighted by molar-refractivity contribution is -0.380. The lowest BCUT2D eigenvalue weighted by atomic mass is 10.3. The molecule has 0 fully saturated rings. The number of aromatic nitrogens is 1. The number of amides is 1. The van der Waals surface area contributed by atoms with Crippen LogP contribution in [0.3, 0.4) is 0 Å². The standard InChI is InChI=1S/C14H12Cl3N3O3S/c1-6(13(21)19-5-7-3-2-4-24-7)23-14(22)11-8(15)10(18)9(16)12(17)20-11/h2-4,6H,5H2,1H3,(H2,18,20)(H,19,21)/p+1/t6-/m1/s1. The number of aromatic amines is 1. The average Bonchev–Trinajstić information content (AvgIpc) is 3.07. The third-order valence-electron chi connectivity index (χ3n) is 2.99. The second-order valence-electron chi connectivity index (χ2n) is 4.70. The Labute approximate surface area is 156 Å². The highest BCUT2D eigenvalue weighted by molar-refractivity contribution is 7.09. The van der Waals surface area contributed by atoms with Gasteiger partial charge in [0, 0.05) is 4.88 Å². The first-order valence-corrected chi connectivity index (χ1v) is 8.69. The predicted molar refractivity (Wildman–Crippen MR) is 93.5 cm³/mol. The number of anilines is 1. The number of ether oxygens (including phenoxy) is 1. The monoisotopic (exact) mass is 408 g/mol. The molecule has 24 heavy (non-hydrogen) atoms. The average molecular weight is 410 g/mol. The summed E-state index contributed by atoms with van der Waals surface area (Å²) in [4.78, 5) is 27.6. The summed E-state index contributed by atoms with van der Waals surface area (Å²) in [5.74, 6) is -1.31. The highest BCUT2D eigenvalue weighted by Crippen LogP contribution is 2.32. The van der Waals surface area contributed by atoms with Crippen molar-refractivity contribution in [3.8, 4) is 0 Å². The van der Waals surface area contributed by atoms with E-state index in [1.807, 2.05) is 17.5 Å². The van der Waals surface area contributed by atoms with Crippen LogP contribution < -0.4 is 16.0 Å². The number of rotatable bonds is 5. The molecule has 0 unspecified atom stereocenters. The van der Waals surface area contributed by atoms with Gasteiger partial charge in [-0.2, -0.15) is 4.98 Å². The zero-order valence-electron chi connectivity index (χ0n) is 12.4. The molecular weight excluding hydrogens is 397 g/mol. The van der Waals surface area contributed by atoms with Gasteiger partial charge >= 0.3 is 11.7 Å². The molecule has 128 valence electrons. The number of hydrogen-bond donors (Lipinski definition) is 2. The molecule has 0 aromatic carbocycles. The molecule has 2 aromatic rings. The molecule has 2 rings (SSSR count). The highest BCUT2D eigenvalue weighted by Gasteiger charge is 2.29. The van der Waals surface area contributed by atoms with Crippen LogP contribution in [0.15, 0.2) is 17.5 Å². The van der Waals surface area contributed by atoms with Gasteiger partial charge in [-0.1, -0.05) is 29.3 Å². The number of pyridine rings is 1. The second-order valence-corrected chi connectivity index (χ2v) is 6.87. The van der Waals surface area contributed by atoms with Crippen LogP contribution in [0.1, 0.15) is 22.3 Å². The molecule has 6 nitrogen and oxygen atoms in total. The van der Waals surface area contributed by atoms with E-state index in [-0.39, 0.29) is 26.6 Å². The van der Waals surface area contributed by atoms with Crippen LogP contribution in [-0.2, 0) is 16.1 Å². The molecule has 4 N–H and O–H groups in total. The van der Waals surface area contributed by atoms with Crippen LogP contribution in [0.2, 0.25) is 15.2 Å². The first-order chi connectivity index (χ1) is 11.3. The minimum atomic E-state index is -1.03. The summed E-state index contributed by atoms with van der Waals surface area (Å²) in [6.07, 6.45) is -1.03. The molecule has 0 bridgehead atoms. The Morgan fingerprint density at radius 1 is 1.38 bits per heavy atom. The van der Waals surface area contributed by atoms with Crippen LogP contribution in [0.5, 0.6) is 0 Å². The van der Waals surface area contributed by atoms with E-state index in [0.29, 0.717) is 6.54 Å². The number of nitrogen functional groups attached to an aromatic ring is 1. The van der Waals surface area contributed by atoms with Crippen molar-refractivity contribution in [1.29, 1.82) is 0 Å². The molecule has 0 saturated carbocycles. The number of halogens is 3. The van der Waals surface area contributed by atoms with Gasteiger partial charge < -0.3 is 15.8 Å². The second kappa shape index (κ2) is 8.02. The summed E-state index contributed by atoms with van der Waals surface area (Å²) in [5.41, 5.74) is 5.43. The number of thiophene rings is 1. The molecule has 10 heteroatoms. The maximum atomic E-state index is 12.2. The topological polar surface area (TPSA) is 95.6 Å². The molecule has 0 saturated heterocycles.